The number of carbonyl (C=O) groups excluding carboxylic acids is 1. The second-order valence-electron chi connectivity index (χ2n) is 4.96. The number of para-hydroxylation sites is 1. The van der Waals surface area contributed by atoms with Gasteiger partial charge in [0.25, 0.3) is 11.6 Å². The first-order chi connectivity index (χ1) is 11.0. The second kappa shape index (κ2) is 7.31. The molecule has 0 spiro atoms. The van der Waals surface area contributed by atoms with Gasteiger partial charge in [-0.25, -0.2) is 5.43 Å². The number of nitrogens with zero attached hydrogens (tertiary/aromatic N) is 2. The molecule has 0 aliphatic carbocycles. The number of carbonyl (C=O) groups is 1. The Hall–Kier alpha value is -3.02. The number of amides is 1. The van der Waals surface area contributed by atoms with Gasteiger partial charge in [-0.15, -0.1) is 0 Å². The van der Waals surface area contributed by atoms with Gasteiger partial charge >= 0.3 is 0 Å². The van der Waals surface area contributed by atoms with Gasteiger partial charge in [0.05, 0.1) is 10.6 Å². The summed E-state index contributed by atoms with van der Waals surface area (Å²) < 4.78 is 0. The van der Waals surface area contributed by atoms with Gasteiger partial charge in [-0.05, 0) is 30.5 Å². The summed E-state index contributed by atoms with van der Waals surface area (Å²) in [5.41, 5.74) is 4.82. The average Bonchev–Trinajstić information content (AvgIpc) is 2.59. The SMILES string of the molecule is CCc1ccc(/C(C)=N\NC(=O)c2ccccc2[N+](=O)[O-])cc1. The summed E-state index contributed by atoms with van der Waals surface area (Å²) in [5.74, 6) is -0.609. The molecule has 1 amide bonds. The smallest absolute Gasteiger partial charge is 0.267 e. The first-order valence-corrected chi connectivity index (χ1v) is 7.20. The van der Waals surface area contributed by atoms with E-state index in [1.165, 1.54) is 23.8 Å². The largest absolute Gasteiger partial charge is 0.282 e. The van der Waals surface area contributed by atoms with Gasteiger partial charge < -0.3 is 0 Å². The first-order valence-electron chi connectivity index (χ1n) is 7.20. The molecule has 0 saturated heterocycles. The average molecular weight is 311 g/mol. The molecule has 6 nitrogen and oxygen atoms in total. The van der Waals surface area contributed by atoms with Gasteiger partial charge in [-0.3, -0.25) is 14.9 Å². The van der Waals surface area contributed by atoms with Crippen LogP contribution in [0.2, 0.25) is 0 Å². The van der Waals surface area contributed by atoms with Crippen molar-refractivity contribution in [3.05, 3.63) is 75.3 Å². The Morgan fingerprint density at radius 1 is 1.17 bits per heavy atom. The van der Waals surface area contributed by atoms with E-state index in [0.717, 1.165) is 12.0 Å². The summed E-state index contributed by atoms with van der Waals surface area (Å²) in [6.07, 6.45) is 0.949. The van der Waals surface area contributed by atoms with Crippen LogP contribution in [0.4, 0.5) is 5.69 Å². The normalized spacial score (nSPS) is 11.1. The second-order valence-corrected chi connectivity index (χ2v) is 4.96. The van der Waals surface area contributed by atoms with Crippen molar-refractivity contribution in [2.45, 2.75) is 20.3 Å². The zero-order valence-electron chi connectivity index (χ0n) is 12.9. The van der Waals surface area contributed by atoms with Crippen LogP contribution in [0.25, 0.3) is 0 Å². The number of hydrazone groups is 1. The van der Waals surface area contributed by atoms with E-state index >= 15 is 0 Å². The van der Waals surface area contributed by atoms with Crippen molar-refractivity contribution in [2.24, 2.45) is 5.10 Å². The third kappa shape index (κ3) is 4.00. The van der Waals surface area contributed by atoms with Gasteiger partial charge in [0.1, 0.15) is 5.56 Å². The minimum Gasteiger partial charge on any atom is -0.267 e. The van der Waals surface area contributed by atoms with Gasteiger partial charge in [-0.2, -0.15) is 5.10 Å². The fraction of sp³-hybridized carbons (Fsp3) is 0.176. The Bertz CT molecular complexity index is 752. The fourth-order valence-electron chi connectivity index (χ4n) is 2.07. The maximum atomic E-state index is 12.1. The van der Waals surface area contributed by atoms with Crippen molar-refractivity contribution in [3.8, 4) is 0 Å². The van der Waals surface area contributed by atoms with Crippen LogP contribution in [-0.4, -0.2) is 16.5 Å². The third-order valence-corrected chi connectivity index (χ3v) is 3.45. The topological polar surface area (TPSA) is 84.6 Å². The van der Waals surface area contributed by atoms with Crippen LogP contribution in [0, 0.1) is 10.1 Å². The lowest BCUT2D eigenvalue weighted by molar-refractivity contribution is -0.385. The Morgan fingerprint density at radius 2 is 1.83 bits per heavy atom. The number of hydrogen-bond donors (Lipinski definition) is 1. The molecular formula is C17H17N3O3. The van der Waals surface area contributed by atoms with Crippen LogP contribution in [0.1, 0.15) is 35.3 Å². The van der Waals surface area contributed by atoms with Crippen LogP contribution in [0.15, 0.2) is 53.6 Å². The molecule has 0 aliphatic rings. The highest BCUT2D eigenvalue weighted by atomic mass is 16.6. The Kier molecular flexibility index (Phi) is 5.19. The molecular weight excluding hydrogens is 294 g/mol. The van der Waals surface area contributed by atoms with Gasteiger partial charge in [0.15, 0.2) is 0 Å². The number of nitro benzene ring substituents is 1. The van der Waals surface area contributed by atoms with E-state index in [0.29, 0.717) is 5.71 Å². The molecule has 0 aromatic heterocycles. The fourth-order valence-corrected chi connectivity index (χ4v) is 2.07. The molecule has 0 heterocycles. The van der Waals surface area contributed by atoms with E-state index in [9.17, 15) is 14.9 Å². The summed E-state index contributed by atoms with van der Waals surface area (Å²) in [6.45, 7) is 3.84. The van der Waals surface area contributed by atoms with E-state index in [1.807, 2.05) is 24.3 Å². The molecule has 2 aromatic rings. The van der Waals surface area contributed by atoms with E-state index in [-0.39, 0.29) is 11.3 Å². The zero-order chi connectivity index (χ0) is 16.8. The van der Waals surface area contributed by atoms with Gasteiger partial charge in [0.2, 0.25) is 0 Å². The standard InChI is InChI=1S/C17H17N3O3/c1-3-13-8-10-14(11-9-13)12(2)18-19-17(21)15-6-4-5-7-16(15)20(22)23/h4-11H,3H2,1-2H3,(H,19,21)/b18-12-. The minimum atomic E-state index is -0.609. The van der Waals surface area contributed by atoms with Crippen LogP contribution in [0.5, 0.6) is 0 Å². The lowest BCUT2D eigenvalue weighted by Crippen LogP contribution is -2.20. The minimum absolute atomic E-state index is 0.0182. The first kappa shape index (κ1) is 16.4. The highest BCUT2D eigenvalue weighted by Crippen LogP contribution is 2.17. The molecule has 23 heavy (non-hydrogen) atoms. The molecule has 118 valence electrons. The van der Waals surface area contributed by atoms with E-state index in [1.54, 1.807) is 13.0 Å². The van der Waals surface area contributed by atoms with Crippen LogP contribution >= 0.6 is 0 Å². The number of nitro groups is 1. The Balaban J connectivity index is 2.15. The summed E-state index contributed by atoms with van der Waals surface area (Å²) in [6, 6.07) is 13.6. The van der Waals surface area contributed by atoms with Crippen LogP contribution in [0.3, 0.4) is 0 Å². The summed E-state index contributed by atoms with van der Waals surface area (Å²) >= 11 is 0. The predicted octanol–water partition coefficient (Wildman–Crippen LogP) is 3.31. The number of hydrogen-bond acceptors (Lipinski definition) is 4. The molecule has 0 radical (unpaired) electrons. The van der Waals surface area contributed by atoms with E-state index < -0.39 is 10.8 Å². The lowest BCUT2D eigenvalue weighted by Gasteiger charge is -2.04. The maximum absolute atomic E-state index is 12.1. The molecule has 0 bridgehead atoms. The lowest BCUT2D eigenvalue weighted by atomic mass is 10.1. The molecule has 2 aromatic carbocycles. The maximum Gasteiger partial charge on any atom is 0.282 e. The molecule has 0 aliphatic heterocycles. The number of benzene rings is 2. The monoisotopic (exact) mass is 311 g/mol. The number of rotatable bonds is 5. The highest BCUT2D eigenvalue weighted by Gasteiger charge is 2.18. The summed E-state index contributed by atoms with van der Waals surface area (Å²) in [4.78, 5) is 22.4. The van der Waals surface area contributed by atoms with Crippen molar-refractivity contribution in [1.29, 1.82) is 0 Å². The quantitative estimate of drug-likeness (QED) is 0.522. The van der Waals surface area contributed by atoms with Gasteiger partial charge in [0, 0.05) is 6.07 Å². The molecule has 0 fully saturated rings. The third-order valence-electron chi connectivity index (χ3n) is 3.45. The van der Waals surface area contributed by atoms with Crippen molar-refractivity contribution < 1.29 is 9.72 Å². The van der Waals surface area contributed by atoms with Crippen molar-refractivity contribution in [2.75, 3.05) is 0 Å². The van der Waals surface area contributed by atoms with Gasteiger partial charge in [-0.1, -0.05) is 43.3 Å². The zero-order valence-corrected chi connectivity index (χ0v) is 12.9. The molecule has 0 unspecified atom stereocenters. The van der Waals surface area contributed by atoms with Crippen LogP contribution in [-0.2, 0) is 6.42 Å². The highest BCUT2D eigenvalue weighted by molar-refractivity contribution is 6.02. The van der Waals surface area contributed by atoms with Crippen LogP contribution < -0.4 is 5.43 Å². The molecule has 6 heteroatoms. The van der Waals surface area contributed by atoms with E-state index in [4.69, 9.17) is 0 Å². The van der Waals surface area contributed by atoms with Crippen molar-refractivity contribution in [1.82, 2.24) is 5.43 Å². The number of nitrogens with one attached hydrogen (secondary N) is 1. The molecule has 0 saturated carbocycles. The Morgan fingerprint density at radius 3 is 2.43 bits per heavy atom. The molecule has 2 rings (SSSR count). The predicted molar refractivity (Wildman–Crippen MR) is 88.6 cm³/mol. The van der Waals surface area contributed by atoms with Crippen molar-refractivity contribution >= 4 is 17.3 Å². The van der Waals surface area contributed by atoms with E-state index in [2.05, 4.69) is 17.5 Å². The van der Waals surface area contributed by atoms with Crippen molar-refractivity contribution in [3.63, 3.8) is 0 Å². The summed E-state index contributed by atoms with van der Waals surface area (Å²) in [7, 11) is 0. The Labute approximate surface area is 134 Å². The summed E-state index contributed by atoms with van der Waals surface area (Å²) in [5, 5.41) is 15.0. The molecule has 0 atom stereocenters. The molecule has 1 N–H and O–H groups in total. The number of aryl methyl sites for hydroxylation is 1.